The second-order valence-electron chi connectivity index (χ2n) is 4.66. The Labute approximate surface area is 122 Å². The molecule has 13 heteroatoms. The number of halogens is 11. The molecule has 0 aromatic carbocycles. The van der Waals surface area contributed by atoms with Crippen molar-refractivity contribution < 1.29 is 48.3 Å². The SMILES string of the molecule is FC(F)=C(N1CCC(C(F)(F)F)CC1)N(C(F)(F)F)C(F)(F)F. The molecule has 1 fully saturated rings. The van der Waals surface area contributed by atoms with Gasteiger partial charge in [0.2, 0.25) is 0 Å². The average Bonchev–Trinajstić information content (AvgIpc) is 2.31. The van der Waals surface area contributed by atoms with Crippen LogP contribution in [-0.2, 0) is 0 Å². The van der Waals surface area contributed by atoms with Gasteiger partial charge in [0.05, 0.1) is 5.92 Å². The van der Waals surface area contributed by atoms with Crippen molar-refractivity contribution in [2.75, 3.05) is 13.1 Å². The summed E-state index contributed by atoms with van der Waals surface area (Å²) in [6.07, 6.45) is -22.2. The lowest BCUT2D eigenvalue weighted by atomic mass is 9.96. The van der Waals surface area contributed by atoms with Gasteiger partial charge in [0.25, 0.3) is 0 Å². The molecule has 0 spiro atoms. The summed E-state index contributed by atoms with van der Waals surface area (Å²) in [4.78, 5) is -2.44. The molecule has 0 saturated carbocycles. The highest BCUT2D eigenvalue weighted by Gasteiger charge is 2.58. The van der Waals surface area contributed by atoms with E-state index in [0.717, 1.165) is 0 Å². The summed E-state index contributed by atoms with van der Waals surface area (Å²) in [5, 5.41) is 0. The number of likely N-dealkylation sites (tertiary alicyclic amines) is 1. The van der Waals surface area contributed by atoms with Gasteiger partial charge in [0, 0.05) is 13.1 Å². The fraction of sp³-hybridized carbons (Fsp3) is 0.800. The van der Waals surface area contributed by atoms with E-state index < -0.39 is 67.4 Å². The molecule has 0 N–H and O–H groups in total. The lowest BCUT2D eigenvalue weighted by Gasteiger charge is -2.40. The third-order valence-electron chi connectivity index (χ3n) is 3.15. The van der Waals surface area contributed by atoms with Gasteiger partial charge < -0.3 is 4.90 Å². The fourth-order valence-corrected chi connectivity index (χ4v) is 2.15. The molecule has 0 atom stereocenters. The summed E-state index contributed by atoms with van der Waals surface area (Å²) in [5.41, 5.74) is 0. The summed E-state index contributed by atoms with van der Waals surface area (Å²) in [7, 11) is 0. The molecule has 1 aliphatic rings. The Balaban J connectivity index is 3.08. The molecule has 1 saturated heterocycles. The predicted octanol–water partition coefficient (Wildman–Crippen LogP) is 4.67. The zero-order chi connectivity index (χ0) is 18.2. The van der Waals surface area contributed by atoms with E-state index in [1.807, 2.05) is 0 Å². The Morgan fingerprint density at radius 1 is 0.783 bits per heavy atom. The quantitative estimate of drug-likeness (QED) is 0.518. The minimum absolute atomic E-state index is 0.0431. The summed E-state index contributed by atoms with van der Waals surface area (Å²) in [5.74, 6) is -4.46. The van der Waals surface area contributed by atoms with Crippen LogP contribution in [0.2, 0.25) is 0 Å². The highest BCUT2D eigenvalue weighted by Crippen LogP contribution is 2.42. The maximum Gasteiger partial charge on any atom is 0.493 e. The van der Waals surface area contributed by atoms with Crippen molar-refractivity contribution >= 4 is 0 Å². The number of hydrogen-bond donors (Lipinski definition) is 0. The lowest BCUT2D eigenvalue weighted by molar-refractivity contribution is -0.366. The molecule has 136 valence electrons. The van der Waals surface area contributed by atoms with Gasteiger partial charge in [-0.15, -0.1) is 26.3 Å². The molecule has 0 radical (unpaired) electrons. The van der Waals surface area contributed by atoms with Crippen molar-refractivity contribution in [2.45, 2.75) is 31.6 Å². The van der Waals surface area contributed by atoms with Crippen molar-refractivity contribution in [2.24, 2.45) is 5.92 Å². The Morgan fingerprint density at radius 2 is 1.17 bits per heavy atom. The fourth-order valence-electron chi connectivity index (χ4n) is 2.15. The van der Waals surface area contributed by atoms with Crippen LogP contribution >= 0.6 is 0 Å². The monoisotopic (exact) mass is 366 g/mol. The maximum absolute atomic E-state index is 12.7. The van der Waals surface area contributed by atoms with Gasteiger partial charge in [-0.05, 0) is 12.8 Å². The van der Waals surface area contributed by atoms with Gasteiger partial charge in [0.15, 0.2) is 5.82 Å². The van der Waals surface area contributed by atoms with Gasteiger partial charge in [-0.25, -0.2) is 0 Å². The summed E-state index contributed by atoms with van der Waals surface area (Å²) < 4.78 is 138. The minimum atomic E-state index is -6.21. The van der Waals surface area contributed by atoms with Crippen LogP contribution in [0.15, 0.2) is 11.9 Å². The molecule has 23 heavy (non-hydrogen) atoms. The van der Waals surface area contributed by atoms with Gasteiger partial charge in [-0.1, -0.05) is 0 Å². The number of piperidine rings is 1. The van der Waals surface area contributed by atoms with E-state index in [1.54, 1.807) is 0 Å². The summed E-state index contributed by atoms with van der Waals surface area (Å²) >= 11 is 0. The van der Waals surface area contributed by atoms with Gasteiger partial charge in [-0.3, -0.25) is 0 Å². The second-order valence-corrected chi connectivity index (χ2v) is 4.66. The van der Waals surface area contributed by atoms with Crippen LogP contribution < -0.4 is 0 Å². The van der Waals surface area contributed by atoms with Crippen molar-refractivity contribution in [3.05, 3.63) is 11.9 Å². The zero-order valence-electron chi connectivity index (χ0n) is 11.0. The van der Waals surface area contributed by atoms with Crippen LogP contribution in [0.4, 0.5) is 48.3 Å². The van der Waals surface area contributed by atoms with E-state index in [9.17, 15) is 48.3 Å². The Hall–Kier alpha value is -1.43. The molecule has 1 rings (SSSR count). The average molecular weight is 366 g/mol. The molecular formula is C10H9F11N2. The maximum atomic E-state index is 12.7. The van der Waals surface area contributed by atoms with Gasteiger partial charge in [0.1, 0.15) is 0 Å². The molecule has 1 aliphatic heterocycles. The molecule has 0 bridgehead atoms. The topological polar surface area (TPSA) is 6.48 Å². The first-order valence-electron chi connectivity index (χ1n) is 5.96. The third kappa shape index (κ3) is 4.77. The lowest BCUT2D eigenvalue weighted by Crippen LogP contribution is -2.53. The van der Waals surface area contributed by atoms with Crippen molar-refractivity contribution in [3.8, 4) is 0 Å². The molecule has 2 nitrogen and oxygen atoms in total. The summed E-state index contributed by atoms with van der Waals surface area (Å²) in [6, 6.07) is 0. The van der Waals surface area contributed by atoms with Crippen LogP contribution in [0.25, 0.3) is 0 Å². The van der Waals surface area contributed by atoms with Crippen molar-refractivity contribution in [1.82, 2.24) is 9.80 Å². The van der Waals surface area contributed by atoms with E-state index in [1.165, 1.54) is 0 Å². The van der Waals surface area contributed by atoms with Crippen LogP contribution in [0.5, 0.6) is 0 Å². The van der Waals surface area contributed by atoms with E-state index >= 15 is 0 Å². The smallest absolute Gasteiger partial charge is 0.353 e. The third-order valence-corrected chi connectivity index (χ3v) is 3.15. The van der Waals surface area contributed by atoms with E-state index in [-0.39, 0.29) is 4.90 Å². The molecule has 1 heterocycles. The van der Waals surface area contributed by atoms with E-state index in [2.05, 4.69) is 0 Å². The molecule has 0 aliphatic carbocycles. The van der Waals surface area contributed by atoms with Crippen LogP contribution in [0.1, 0.15) is 12.8 Å². The van der Waals surface area contributed by atoms with Crippen molar-refractivity contribution in [1.29, 1.82) is 0 Å². The minimum Gasteiger partial charge on any atom is -0.353 e. The van der Waals surface area contributed by atoms with Crippen LogP contribution in [0, 0.1) is 5.92 Å². The Kier molecular flexibility index (Phi) is 5.31. The van der Waals surface area contributed by atoms with E-state index in [4.69, 9.17) is 0 Å². The molecular weight excluding hydrogens is 357 g/mol. The zero-order valence-corrected chi connectivity index (χ0v) is 11.0. The largest absolute Gasteiger partial charge is 0.493 e. The van der Waals surface area contributed by atoms with Crippen LogP contribution in [0.3, 0.4) is 0 Å². The predicted molar refractivity (Wildman–Crippen MR) is 53.5 cm³/mol. The highest BCUT2D eigenvalue weighted by molar-refractivity contribution is 5.05. The first kappa shape index (κ1) is 19.6. The molecule has 0 aromatic rings. The van der Waals surface area contributed by atoms with Gasteiger partial charge in [-0.2, -0.15) is 26.9 Å². The van der Waals surface area contributed by atoms with Gasteiger partial charge >= 0.3 is 24.9 Å². The molecule has 0 unspecified atom stereocenters. The number of nitrogens with zero attached hydrogens (tertiary/aromatic N) is 2. The standard InChI is InChI=1S/C10H9F11N2/c11-6(12)7(23(9(16,17)18)10(19,20)21)22-3-1-5(2-4-22)8(13,14)15/h5H,1-4H2. The van der Waals surface area contributed by atoms with Crippen LogP contribution in [-0.4, -0.2) is 41.7 Å². The number of hydrogen-bond acceptors (Lipinski definition) is 2. The Morgan fingerprint density at radius 3 is 1.43 bits per heavy atom. The molecule has 0 aromatic heterocycles. The molecule has 0 amide bonds. The Bertz CT molecular complexity index is 421. The number of rotatable bonds is 2. The van der Waals surface area contributed by atoms with E-state index in [0.29, 0.717) is 0 Å². The highest BCUT2D eigenvalue weighted by atomic mass is 19.4. The second kappa shape index (κ2) is 6.23. The number of alkyl halides is 9. The first-order valence-corrected chi connectivity index (χ1v) is 5.96. The van der Waals surface area contributed by atoms with Crippen molar-refractivity contribution in [3.63, 3.8) is 0 Å². The summed E-state index contributed by atoms with van der Waals surface area (Å²) in [6.45, 7) is -2.03. The normalized spacial score (nSPS) is 18.1. The first-order chi connectivity index (χ1) is 10.2.